The molecule has 0 spiro atoms. The summed E-state index contributed by atoms with van der Waals surface area (Å²) in [4.78, 5) is 11.6. The van der Waals surface area contributed by atoms with Gasteiger partial charge in [-0.25, -0.2) is 13.2 Å². The van der Waals surface area contributed by atoms with E-state index in [-0.39, 0.29) is 16.1 Å². The first-order chi connectivity index (χ1) is 10.3. The Morgan fingerprint density at radius 3 is 2.41 bits per heavy atom. The van der Waals surface area contributed by atoms with Crippen LogP contribution in [0, 0.1) is 0 Å². The Morgan fingerprint density at radius 2 is 1.82 bits per heavy atom. The third-order valence-electron chi connectivity index (χ3n) is 2.79. The summed E-state index contributed by atoms with van der Waals surface area (Å²) in [6.45, 7) is 0. The van der Waals surface area contributed by atoms with E-state index >= 15 is 0 Å². The van der Waals surface area contributed by atoms with Crippen LogP contribution in [0.5, 0.6) is 0 Å². The van der Waals surface area contributed by atoms with Gasteiger partial charge in [0.15, 0.2) is 0 Å². The summed E-state index contributed by atoms with van der Waals surface area (Å²) in [5.74, 6) is -0.775. The fourth-order valence-corrected chi connectivity index (χ4v) is 3.28. The second-order valence-electron chi connectivity index (χ2n) is 4.36. The highest BCUT2D eigenvalue weighted by molar-refractivity contribution is 9.10. The first-order valence-electron chi connectivity index (χ1n) is 6.10. The highest BCUT2D eigenvalue weighted by Gasteiger charge is 2.23. The lowest BCUT2D eigenvalue weighted by Gasteiger charge is -2.12. The number of rotatable bonds is 4. The molecule has 0 aliphatic carbocycles. The lowest BCUT2D eigenvalue weighted by atomic mass is 10.2. The molecule has 0 atom stereocenters. The molecule has 0 heterocycles. The average Bonchev–Trinajstić information content (AvgIpc) is 2.48. The molecule has 6 nitrogen and oxygen atoms in total. The number of esters is 1. The Morgan fingerprint density at radius 1 is 1.18 bits per heavy atom. The Balaban J connectivity index is 2.45. The quantitative estimate of drug-likeness (QED) is 0.623. The molecule has 2 aromatic rings. The van der Waals surface area contributed by atoms with E-state index in [2.05, 4.69) is 25.4 Å². The molecule has 3 N–H and O–H groups in total. The summed E-state index contributed by atoms with van der Waals surface area (Å²) in [5, 5.41) is 0. The van der Waals surface area contributed by atoms with Gasteiger partial charge in [0, 0.05) is 15.8 Å². The fraction of sp³-hybridized carbons (Fsp3) is 0.0714. The lowest BCUT2D eigenvalue weighted by molar-refractivity contribution is 0.0596. The van der Waals surface area contributed by atoms with Gasteiger partial charge < -0.3 is 10.5 Å². The minimum absolute atomic E-state index is 0.118. The van der Waals surface area contributed by atoms with Crippen LogP contribution in [0.4, 0.5) is 11.4 Å². The Kier molecular flexibility index (Phi) is 4.72. The molecule has 22 heavy (non-hydrogen) atoms. The number of carbonyl (C=O) groups is 1. The summed E-state index contributed by atoms with van der Waals surface area (Å²) in [5.41, 5.74) is 6.12. The van der Waals surface area contributed by atoms with E-state index in [1.165, 1.54) is 25.3 Å². The SMILES string of the molecule is COC(=O)c1cc(N)ccc1S(=O)(=O)Nc1ccc(Br)cc1. The number of halogens is 1. The van der Waals surface area contributed by atoms with Crippen molar-refractivity contribution in [3.05, 3.63) is 52.5 Å². The molecule has 0 saturated heterocycles. The number of hydrogen-bond donors (Lipinski definition) is 2. The average molecular weight is 385 g/mol. The van der Waals surface area contributed by atoms with Crippen molar-refractivity contribution in [3.63, 3.8) is 0 Å². The van der Waals surface area contributed by atoms with Crippen molar-refractivity contribution in [2.24, 2.45) is 0 Å². The van der Waals surface area contributed by atoms with Crippen LogP contribution in [0.2, 0.25) is 0 Å². The molecule has 2 aromatic carbocycles. The molecule has 0 saturated carbocycles. The van der Waals surface area contributed by atoms with E-state index in [0.717, 1.165) is 4.47 Å². The molecule has 8 heteroatoms. The monoisotopic (exact) mass is 384 g/mol. The summed E-state index contributed by atoms with van der Waals surface area (Å²) in [6, 6.07) is 10.5. The Bertz CT molecular complexity index is 804. The highest BCUT2D eigenvalue weighted by Crippen LogP contribution is 2.23. The maximum Gasteiger partial charge on any atom is 0.339 e. The van der Waals surface area contributed by atoms with Crippen LogP contribution in [0.25, 0.3) is 0 Å². The second kappa shape index (κ2) is 6.37. The molecule has 0 aliphatic heterocycles. The van der Waals surface area contributed by atoms with Crippen molar-refractivity contribution in [1.29, 1.82) is 0 Å². The van der Waals surface area contributed by atoms with Gasteiger partial charge in [0.2, 0.25) is 0 Å². The van der Waals surface area contributed by atoms with E-state index in [1.54, 1.807) is 24.3 Å². The van der Waals surface area contributed by atoms with Gasteiger partial charge in [-0.2, -0.15) is 0 Å². The first kappa shape index (κ1) is 16.3. The summed E-state index contributed by atoms with van der Waals surface area (Å²) >= 11 is 3.27. The lowest BCUT2D eigenvalue weighted by Crippen LogP contribution is -2.17. The van der Waals surface area contributed by atoms with Gasteiger partial charge in [-0.3, -0.25) is 4.72 Å². The topological polar surface area (TPSA) is 98.5 Å². The molecule has 0 aliphatic rings. The van der Waals surface area contributed by atoms with E-state index in [9.17, 15) is 13.2 Å². The largest absolute Gasteiger partial charge is 0.465 e. The zero-order valence-corrected chi connectivity index (χ0v) is 13.9. The van der Waals surface area contributed by atoms with Gasteiger partial charge in [0.1, 0.15) is 4.90 Å². The summed E-state index contributed by atoms with van der Waals surface area (Å²) in [6.07, 6.45) is 0. The van der Waals surface area contributed by atoms with E-state index < -0.39 is 16.0 Å². The van der Waals surface area contributed by atoms with Crippen molar-refractivity contribution in [2.75, 3.05) is 17.6 Å². The fourth-order valence-electron chi connectivity index (χ4n) is 1.78. The molecule has 0 radical (unpaired) electrons. The van der Waals surface area contributed by atoms with Crippen LogP contribution >= 0.6 is 15.9 Å². The smallest absolute Gasteiger partial charge is 0.339 e. The third-order valence-corrected chi connectivity index (χ3v) is 4.76. The zero-order chi connectivity index (χ0) is 16.3. The maximum atomic E-state index is 12.5. The van der Waals surface area contributed by atoms with Gasteiger partial charge >= 0.3 is 5.97 Å². The number of methoxy groups -OCH3 is 1. The maximum absolute atomic E-state index is 12.5. The normalized spacial score (nSPS) is 11.0. The third kappa shape index (κ3) is 3.58. The van der Waals surface area contributed by atoms with Gasteiger partial charge in [-0.15, -0.1) is 0 Å². The Labute approximate surface area is 136 Å². The van der Waals surface area contributed by atoms with Crippen LogP contribution in [0.1, 0.15) is 10.4 Å². The molecular weight excluding hydrogens is 372 g/mol. The molecule has 116 valence electrons. The number of benzene rings is 2. The molecule has 0 bridgehead atoms. The predicted octanol–water partition coefficient (Wildman–Crippen LogP) is 2.62. The molecule has 0 aromatic heterocycles. The number of anilines is 2. The molecule has 0 unspecified atom stereocenters. The minimum Gasteiger partial charge on any atom is -0.465 e. The van der Waals surface area contributed by atoms with Crippen LogP contribution in [-0.2, 0) is 14.8 Å². The molecule has 2 rings (SSSR count). The van der Waals surface area contributed by atoms with Crippen LogP contribution in [-0.4, -0.2) is 21.5 Å². The van der Waals surface area contributed by atoms with E-state index in [4.69, 9.17) is 5.73 Å². The summed E-state index contributed by atoms with van der Waals surface area (Å²) in [7, 11) is -2.78. The van der Waals surface area contributed by atoms with Gasteiger partial charge in [0.05, 0.1) is 12.7 Å². The van der Waals surface area contributed by atoms with Crippen LogP contribution in [0.15, 0.2) is 51.8 Å². The van der Waals surface area contributed by atoms with E-state index in [1.807, 2.05) is 0 Å². The van der Waals surface area contributed by atoms with Crippen molar-refractivity contribution >= 4 is 43.3 Å². The van der Waals surface area contributed by atoms with Gasteiger partial charge in [-0.1, -0.05) is 15.9 Å². The van der Waals surface area contributed by atoms with Gasteiger partial charge in [0.25, 0.3) is 10.0 Å². The number of nitrogens with one attached hydrogen (secondary N) is 1. The van der Waals surface area contributed by atoms with Gasteiger partial charge in [-0.05, 0) is 42.5 Å². The van der Waals surface area contributed by atoms with Crippen LogP contribution < -0.4 is 10.5 Å². The number of ether oxygens (including phenoxy) is 1. The zero-order valence-electron chi connectivity index (χ0n) is 11.5. The van der Waals surface area contributed by atoms with Crippen molar-refractivity contribution in [2.45, 2.75) is 4.90 Å². The highest BCUT2D eigenvalue weighted by atomic mass is 79.9. The van der Waals surface area contributed by atoms with E-state index in [0.29, 0.717) is 5.69 Å². The number of sulfonamides is 1. The van der Waals surface area contributed by atoms with Crippen molar-refractivity contribution in [3.8, 4) is 0 Å². The minimum atomic E-state index is -3.95. The standard InChI is InChI=1S/C14H13BrN2O4S/c1-21-14(18)12-8-10(16)4-7-13(12)22(19,20)17-11-5-2-9(15)3-6-11/h2-8,17H,16H2,1H3. The number of nitrogens with two attached hydrogens (primary N) is 1. The number of nitrogen functional groups attached to an aromatic ring is 1. The first-order valence-corrected chi connectivity index (χ1v) is 8.37. The molecule has 0 amide bonds. The second-order valence-corrected chi connectivity index (χ2v) is 6.93. The van der Waals surface area contributed by atoms with Crippen LogP contribution in [0.3, 0.4) is 0 Å². The number of carbonyl (C=O) groups excluding carboxylic acids is 1. The number of hydrogen-bond acceptors (Lipinski definition) is 5. The summed E-state index contributed by atoms with van der Waals surface area (Å²) < 4.78 is 32.8. The Hall–Kier alpha value is -2.06. The molecule has 0 fully saturated rings. The van der Waals surface area contributed by atoms with Crippen molar-refractivity contribution < 1.29 is 17.9 Å². The predicted molar refractivity (Wildman–Crippen MR) is 87.1 cm³/mol. The molecular formula is C14H13BrN2O4S. The van der Waals surface area contributed by atoms with Crippen molar-refractivity contribution in [1.82, 2.24) is 0 Å².